The second-order valence-corrected chi connectivity index (χ2v) is 3.23. The highest BCUT2D eigenvalue weighted by Crippen LogP contribution is 2.16. The molecule has 13 heavy (non-hydrogen) atoms. The van der Waals surface area contributed by atoms with Gasteiger partial charge in [-0.3, -0.25) is 4.79 Å². The van der Waals surface area contributed by atoms with Gasteiger partial charge in [-0.1, -0.05) is 24.3 Å². The van der Waals surface area contributed by atoms with Gasteiger partial charge in [0.2, 0.25) is 5.91 Å². The molecular weight excluding hydrogens is 162 g/mol. The Morgan fingerprint density at radius 2 is 2.00 bits per heavy atom. The molecule has 0 aliphatic carbocycles. The lowest BCUT2D eigenvalue weighted by Crippen LogP contribution is -2.22. The van der Waals surface area contributed by atoms with E-state index in [-0.39, 0.29) is 5.91 Å². The maximum atomic E-state index is 11.3. The van der Waals surface area contributed by atoms with Crippen LogP contribution in [-0.2, 0) is 11.3 Å². The first kappa shape index (κ1) is 8.05. The summed E-state index contributed by atoms with van der Waals surface area (Å²) < 4.78 is 0. The molecule has 1 aliphatic rings. The average Bonchev–Trinajstić information content (AvgIpc) is 2.28. The highest BCUT2D eigenvalue weighted by Gasteiger charge is 2.11. The number of nitrogens with zero attached hydrogens (tertiary/aromatic N) is 1. The summed E-state index contributed by atoms with van der Waals surface area (Å²) in [6, 6.07) is 8.06. The smallest absolute Gasteiger partial charge is 0.246 e. The Bertz CT molecular complexity index is 368. The molecule has 1 amide bonds. The molecule has 0 bridgehead atoms. The molecule has 1 aromatic rings. The molecule has 0 saturated heterocycles. The van der Waals surface area contributed by atoms with Crippen molar-refractivity contribution in [3.8, 4) is 0 Å². The van der Waals surface area contributed by atoms with Gasteiger partial charge in [0.25, 0.3) is 0 Å². The fourth-order valence-electron chi connectivity index (χ4n) is 1.46. The number of hydrogen-bond donors (Lipinski definition) is 0. The maximum Gasteiger partial charge on any atom is 0.246 e. The Hall–Kier alpha value is -1.57. The number of carbonyl (C=O) groups is 1. The summed E-state index contributed by atoms with van der Waals surface area (Å²) in [4.78, 5) is 13.0. The molecule has 0 unspecified atom stereocenters. The van der Waals surface area contributed by atoms with Crippen LogP contribution in [0.5, 0.6) is 0 Å². The van der Waals surface area contributed by atoms with Gasteiger partial charge >= 0.3 is 0 Å². The number of benzene rings is 1. The van der Waals surface area contributed by atoms with Crippen molar-refractivity contribution < 1.29 is 4.79 Å². The summed E-state index contributed by atoms with van der Waals surface area (Å²) in [5, 5.41) is 0. The Morgan fingerprint density at radius 1 is 1.23 bits per heavy atom. The third-order valence-corrected chi connectivity index (χ3v) is 2.24. The molecule has 0 aromatic heterocycles. The standard InChI is InChI=1S/C11H11NO/c1-12-8-10-5-3-2-4-9(10)6-7-11(12)13/h2-7H,8H2,1H3. The van der Waals surface area contributed by atoms with Crippen molar-refractivity contribution in [2.75, 3.05) is 7.05 Å². The first-order chi connectivity index (χ1) is 6.27. The van der Waals surface area contributed by atoms with E-state index in [2.05, 4.69) is 6.07 Å². The molecule has 66 valence electrons. The Kier molecular flexibility index (Phi) is 1.89. The van der Waals surface area contributed by atoms with Crippen LogP contribution in [0.1, 0.15) is 11.1 Å². The first-order valence-corrected chi connectivity index (χ1v) is 4.28. The predicted octanol–water partition coefficient (Wildman–Crippen LogP) is 1.67. The van der Waals surface area contributed by atoms with Crippen LogP contribution in [-0.4, -0.2) is 17.9 Å². The molecule has 0 fully saturated rings. The third-order valence-electron chi connectivity index (χ3n) is 2.24. The van der Waals surface area contributed by atoms with Crippen LogP contribution in [0.4, 0.5) is 0 Å². The predicted molar refractivity (Wildman–Crippen MR) is 52.0 cm³/mol. The minimum Gasteiger partial charge on any atom is -0.338 e. The summed E-state index contributed by atoms with van der Waals surface area (Å²) in [5.41, 5.74) is 2.34. The van der Waals surface area contributed by atoms with Crippen molar-refractivity contribution in [2.45, 2.75) is 6.54 Å². The molecular formula is C11H11NO. The average molecular weight is 173 g/mol. The fraction of sp³-hybridized carbons (Fsp3) is 0.182. The zero-order valence-corrected chi connectivity index (χ0v) is 7.53. The van der Waals surface area contributed by atoms with Gasteiger partial charge in [0, 0.05) is 19.7 Å². The maximum absolute atomic E-state index is 11.3. The normalized spacial score (nSPS) is 15.5. The SMILES string of the molecule is CN1Cc2ccccc2C=CC1=O. The fourth-order valence-corrected chi connectivity index (χ4v) is 1.46. The van der Waals surface area contributed by atoms with Crippen LogP contribution < -0.4 is 0 Å². The van der Waals surface area contributed by atoms with Gasteiger partial charge in [0.1, 0.15) is 0 Å². The molecule has 2 nitrogen and oxygen atoms in total. The van der Waals surface area contributed by atoms with E-state index >= 15 is 0 Å². The molecule has 0 atom stereocenters. The Balaban J connectivity index is 2.46. The van der Waals surface area contributed by atoms with E-state index in [1.54, 1.807) is 11.0 Å². The lowest BCUT2D eigenvalue weighted by atomic mass is 10.1. The molecule has 1 aromatic carbocycles. The molecule has 1 aliphatic heterocycles. The van der Waals surface area contributed by atoms with Crippen molar-refractivity contribution in [2.24, 2.45) is 0 Å². The quantitative estimate of drug-likeness (QED) is 0.584. The van der Waals surface area contributed by atoms with E-state index in [0.29, 0.717) is 6.54 Å². The highest BCUT2D eigenvalue weighted by atomic mass is 16.2. The number of hydrogen-bond acceptors (Lipinski definition) is 1. The molecule has 0 saturated carbocycles. The molecule has 2 heteroatoms. The van der Waals surface area contributed by atoms with Gasteiger partial charge in [-0.05, 0) is 17.2 Å². The lowest BCUT2D eigenvalue weighted by Gasteiger charge is -2.13. The second kappa shape index (κ2) is 3.05. The topological polar surface area (TPSA) is 20.3 Å². The van der Waals surface area contributed by atoms with Crippen LogP contribution in [0.2, 0.25) is 0 Å². The number of likely N-dealkylation sites (N-methyl/N-ethyl adjacent to an activating group) is 1. The third kappa shape index (κ3) is 1.47. The van der Waals surface area contributed by atoms with E-state index in [4.69, 9.17) is 0 Å². The number of rotatable bonds is 0. The van der Waals surface area contributed by atoms with E-state index in [0.717, 1.165) is 5.56 Å². The summed E-state index contributed by atoms with van der Waals surface area (Å²) >= 11 is 0. The van der Waals surface area contributed by atoms with E-state index in [9.17, 15) is 4.79 Å². The number of fused-ring (bicyclic) bond motifs is 1. The zero-order valence-electron chi connectivity index (χ0n) is 7.53. The minimum atomic E-state index is 0.0659. The Morgan fingerprint density at radius 3 is 2.85 bits per heavy atom. The summed E-state index contributed by atoms with van der Waals surface area (Å²) in [5.74, 6) is 0.0659. The monoisotopic (exact) mass is 173 g/mol. The summed E-state index contributed by atoms with van der Waals surface area (Å²) in [6.07, 6.45) is 3.49. The van der Waals surface area contributed by atoms with E-state index in [1.807, 2.05) is 31.3 Å². The minimum absolute atomic E-state index is 0.0659. The first-order valence-electron chi connectivity index (χ1n) is 4.28. The van der Waals surface area contributed by atoms with Crippen LogP contribution in [0.3, 0.4) is 0 Å². The van der Waals surface area contributed by atoms with Crippen molar-refractivity contribution in [3.63, 3.8) is 0 Å². The van der Waals surface area contributed by atoms with Crippen molar-refractivity contribution in [1.29, 1.82) is 0 Å². The van der Waals surface area contributed by atoms with E-state index in [1.165, 1.54) is 5.56 Å². The summed E-state index contributed by atoms with van der Waals surface area (Å²) in [7, 11) is 1.81. The van der Waals surface area contributed by atoms with Gasteiger partial charge in [-0.15, -0.1) is 0 Å². The number of amides is 1. The van der Waals surface area contributed by atoms with Crippen LogP contribution >= 0.6 is 0 Å². The van der Waals surface area contributed by atoms with Gasteiger partial charge in [-0.2, -0.15) is 0 Å². The lowest BCUT2D eigenvalue weighted by molar-refractivity contribution is -0.125. The summed E-state index contributed by atoms with van der Waals surface area (Å²) in [6.45, 7) is 0.696. The van der Waals surface area contributed by atoms with Gasteiger partial charge in [0.05, 0.1) is 0 Å². The van der Waals surface area contributed by atoms with Crippen molar-refractivity contribution >= 4 is 12.0 Å². The highest BCUT2D eigenvalue weighted by molar-refractivity contribution is 5.92. The van der Waals surface area contributed by atoms with Crippen molar-refractivity contribution in [1.82, 2.24) is 4.90 Å². The van der Waals surface area contributed by atoms with Crippen LogP contribution in [0.15, 0.2) is 30.3 Å². The second-order valence-electron chi connectivity index (χ2n) is 3.23. The van der Waals surface area contributed by atoms with Gasteiger partial charge in [-0.25, -0.2) is 0 Å². The molecule has 0 radical (unpaired) electrons. The van der Waals surface area contributed by atoms with Crippen LogP contribution in [0.25, 0.3) is 6.08 Å². The van der Waals surface area contributed by atoms with Gasteiger partial charge in [0.15, 0.2) is 0 Å². The van der Waals surface area contributed by atoms with Crippen LogP contribution in [0, 0.1) is 0 Å². The van der Waals surface area contributed by atoms with Crippen molar-refractivity contribution in [3.05, 3.63) is 41.5 Å². The molecule has 0 spiro atoms. The molecule has 1 heterocycles. The molecule has 2 rings (SSSR count). The van der Waals surface area contributed by atoms with E-state index < -0.39 is 0 Å². The van der Waals surface area contributed by atoms with Gasteiger partial charge < -0.3 is 4.90 Å². The molecule has 0 N–H and O–H groups in total. The zero-order chi connectivity index (χ0) is 9.26. The Labute approximate surface area is 77.5 Å². The number of carbonyl (C=O) groups excluding carboxylic acids is 1. The largest absolute Gasteiger partial charge is 0.338 e.